The number of hydrazone groups is 1. The molecule has 2 atom stereocenters. The van der Waals surface area contributed by atoms with E-state index in [4.69, 9.17) is 4.74 Å². The first-order chi connectivity index (χ1) is 14.0. The molecule has 0 spiro atoms. The fourth-order valence-electron chi connectivity index (χ4n) is 3.73. The minimum absolute atomic E-state index is 0.139. The van der Waals surface area contributed by atoms with E-state index < -0.39 is 12.2 Å². The molecule has 0 aromatic heterocycles. The Morgan fingerprint density at radius 3 is 2.69 bits per heavy atom. The molecular weight excluding hydrogens is 456 g/mol. The summed E-state index contributed by atoms with van der Waals surface area (Å²) in [7, 11) is 1.60. The van der Waals surface area contributed by atoms with Crippen LogP contribution in [0.1, 0.15) is 30.3 Å². The molecule has 2 aliphatic heterocycles. The van der Waals surface area contributed by atoms with E-state index in [1.165, 1.54) is 18.7 Å². The second-order valence-corrected chi connectivity index (χ2v) is 8.25. The lowest BCUT2D eigenvalue weighted by atomic mass is 9.95. The van der Waals surface area contributed by atoms with Crippen molar-refractivity contribution in [2.45, 2.75) is 19.1 Å². The lowest BCUT2D eigenvalue weighted by Gasteiger charge is -2.48. The number of amides is 2. The standard InChI is InChI=1S/C20H19BrN4O3S/c1-11(26)24-15-7-5-4-6-13(15)17-18(27)22-20(29-3)23-25(17)19(24)12-8-9-16(28-2)14(21)10-12/h4-10,17,19H,1-3H3,(H,22,23,27). The Labute approximate surface area is 181 Å². The van der Waals surface area contributed by atoms with Crippen LogP contribution < -0.4 is 15.0 Å². The molecule has 0 radical (unpaired) electrons. The third kappa shape index (κ3) is 3.28. The molecule has 0 aliphatic carbocycles. The molecule has 0 fully saturated rings. The first kappa shape index (κ1) is 19.8. The number of hydrogen-bond donors (Lipinski definition) is 1. The van der Waals surface area contributed by atoms with Crippen molar-refractivity contribution >= 4 is 50.4 Å². The number of fused-ring (bicyclic) bond motifs is 3. The second kappa shape index (κ2) is 7.72. The van der Waals surface area contributed by atoms with Gasteiger partial charge in [0.25, 0.3) is 5.91 Å². The Kier molecular flexibility index (Phi) is 5.26. The number of thioether (sulfide) groups is 1. The highest BCUT2D eigenvalue weighted by molar-refractivity contribution is 9.10. The first-order valence-electron chi connectivity index (χ1n) is 8.90. The second-order valence-electron chi connectivity index (χ2n) is 6.60. The lowest BCUT2D eigenvalue weighted by molar-refractivity contribution is -0.129. The molecule has 4 rings (SSSR count). The quantitative estimate of drug-likeness (QED) is 0.718. The fraction of sp³-hybridized carbons (Fsp3) is 0.250. The van der Waals surface area contributed by atoms with E-state index in [2.05, 4.69) is 26.3 Å². The summed E-state index contributed by atoms with van der Waals surface area (Å²) in [4.78, 5) is 27.5. The van der Waals surface area contributed by atoms with Gasteiger partial charge in [-0.3, -0.25) is 19.5 Å². The van der Waals surface area contributed by atoms with Crippen LogP contribution in [0.4, 0.5) is 5.69 Å². The molecule has 2 heterocycles. The topological polar surface area (TPSA) is 74.2 Å². The van der Waals surface area contributed by atoms with Crippen molar-refractivity contribution in [1.82, 2.24) is 10.3 Å². The number of nitrogens with one attached hydrogen (secondary N) is 1. The maximum Gasteiger partial charge on any atom is 0.255 e. The number of hydrogen-bond acceptors (Lipinski definition) is 6. The zero-order valence-electron chi connectivity index (χ0n) is 16.0. The summed E-state index contributed by atoms with van der Waals surface area (Å²) in [6.07, 6.45) is 1.27. The van der Waals surface area contributed by atoms with Gasteiger partial charge in [0.2, 0.25) is 5.91 Å². The van der Waals surface area contributed by atoms with E-state index in [0.29, 0.717) is 16.6 Å². The van der Waals surface area contributed by atoms with Crippen molar-refractivity contribution in [3.05, 3.63) is 58.1 Å². The normalized spacial score (nSPS) is 20.4. The van der Waals surface area contributed by atoms with Gasteiger partial charge in [0, 0.05) is 12.5 Å². The van der Waals surface area contributed by atoms with Crippen LogP contribution in [-0.2, 0) is 9.59 Å². The Balaban J connectivity index is 1.96. The molecule has 2 aromatic rings. The van der Waals surface area contributed by atoms with E-state index in [1.54, 1.807) is 17.0 Å². The minimum atomic E-state index is -0.636. The third-order valence-electron chi connectivity index (χ3n) is 4.94. The van der Waals surface area contributed by atoms with Gasteiger partial charge in [0.1, 0.15) is 5.75 Å². The van der Waals surface area contributed by atoms with E-state index in [-0.39, 0.29) is 11.8 Å². The molecular formula is C20H19BrN4O3S. The highest BCUT2D eigenvalue weighted by atomic mass is 79.9. The number of halogens is 1. The van der Waals surface area contributed by atoms with E-state index in [9.17, 15) is 9.59 Å². The molecule has 2 aliphatic rings. The van der Waals surface area contributed by atoms with Crippen molar-refractivity contribution in [2.24, 2.45) is 5.10 Å². The van der Waals surface area contributed by atoms with Crippen LogP contribution in [0.25, 0.3) is 0 Å². The lowest BCUT2D eigenvalue weighted by Crippen LogP contribution is -2.55. The van der Waals surface area contributed by atoms with Gasteiger partial charge in [0.05, 0.1) is 17.3 Å². The number of rotatable bonds is 2. The average Bonchev–Trinajstić information content (AvgIpc) is 2.71. The van der Waals surface area contributed by atoms with Gasteiger partial charge in [-0.15, -0.1) is 5.10 Å². The highest BCUT2D eigenvalue weighted by Crippen LogP contribution is 2.47. The van der Waals surface area contributed by atoms with Gasteiger partial charge in [-0.25, -0.2) is 0 Å². The number of amidine groups is 1. The minimum Gasteiger partial charge on any atom is -0.496 e. The predicted molar refractivity (Wildman–Crippen MR) is 117 cm³/mol. The zero-order valence-corrected chi connectivity index (χ0v) is 18.5. The molecule has 2 amide bonds. The van der Waals surface area contributed by atoms with E-state index >= 15 is 0 Å². The summed E-state index contributed by atoms with van der Waals surface area (Å²) in [6.45, 7) is 1.52. The van der Waals surface area contributed by atoms with Crippen molar-refractivity contribution in [2.75, 3.05) is 18.3 Å². The number of benzene rings is 2. The number of ether oxygens (including phenoxy) is 1. The summed E-state index contributed by atoms with van der Waals surface area (Å²) in [5.41, 5.74) is 2.26. The summed E-state index contributed by atoms with van der Waals surface area (Å²) in [5, 5.41) is 9.73. The SMILES string of the molecule is COc1ccc(C2N(C(C)=O)c3ccccc3C3C(=O)NC(SC)=NN32)cc1Br. The number of nitrogens with zero attached hydrogens (tertiary/aromatic N) is 3. The molecule has 29 heavy (non-hydrogen) atoms. The maximum atomic E-state index is 13.0. The van der Waals surface area contributed by atoms with Gasteiger partial charge in [0.15, 0.2) is 17.4 Å². The summed E-state index contributed by atoms with van der Waals surface area (Å²) < 4.78 is 6.10. The molecule has 2 aromatic carbocycles. The molecule has 9 heteroatoms. The van der Waals surface area contributed by atoms with Gasteiger partial charge in [-0.2, -0.15) is 0 Å². The molecule has 0 saturated carbocycles. The molecule has 2 unspecified atom stereocenters. The van der Waals surface area contributed by atoms with Crippen LogP contribution in [0.3, 0.4) is 0 Å². The van der Waals surface area contributed by atoms with Gasteiger partial charge in [-0.05, 0) is 45.9 Å². The van der Waals surface area contributed by atoms with Crippen LogP contribution in [0.2, 0.25) is 0 Å². The molecule has 1 N–H and O–H groups in total. The third-order valence-corrected chi connectivity index (χ3v) is 6.13. The smallest absolute Gasteiger partial charge is 0.255 e. The van der Waals surface area contributed by atoms with Gasteiger partial charge >= 0.3 is 0 Å². The molecule has 150 valence electrons. The van der Waals surface area contributed by atoms with Crippen molar-refractivity contribution < 1.29 is 14.3 Å². The van der Waals surface area contributed by atoms with E-state index in [0.717, 1.165) is 15.6 Å². The zero-order chi connectivity index (χ0) is 20.7. The number of para-hydroxylation sites is 1. The number of carbonyl (C=O) groups is 2. The maximum absolute atomic E-state index is 13.0. The average molecular weight is 475 g/mol. The summed E-state index contributed by atoms with van der Waals surface area (Å²) in [6, 6.07) is 12.4. The van der Waals surface area contributed by atoms with Crippen LogP contribution in [0, 0.1) is 0 Å². The number of anilines is 1. The Morgan fingerprint density at radius 1 is 1.28 bits per heavy atom. The van der Waals surface area contributed by atoms with Crippen molar-refractivity contribution in [3.8, 4) is 5.75 Å². The summed E-state index contributed by atoms with van der Waals surface area (Å²) >= 11 is 4.87. The van der Waals surface area contributed by atoms with Crippen LogP contribution in [-0.4, -0.2) is 35.4 Å². The predicted octanol–water partition coefficient (Wildman–Crippen LogP) is 3.63. The summed E-state index contributed by atoms with van der Waals surface area (Å²) in [5.74, 6) is 0.373. The first-order valence-corrected chi connectivity index (χ1v) is 10.9. The molecule has 0 bridgehead atoms. The van der Waals surface area contributed by atoms with E-state index in [1.807, 2.05) is 48.7 Å². The fourth-order valence-corrected chi connectivity index (χ4v) is 4.66. The molecule has 0 saturated heterocycles. The van der Waals surface area contributed by atoms with Gasteiger partial charge < -0.3 is 10.1 Å². The van der Waals surface area contributed by atoms with Crippen LogP contribution >= 0.6 is 27.7 Å². The van der Waals surface area contributed by atoms with Crippen LogP contribution in [0.15, 0.2) is 52.0 Å². The Morgan fingerprint density at radius 2 is 2.03 bits per heavy atom. The highest BCUT2D eigenvalue weighted by Gasteiger charge is 2.46. The largest absolute Gasteiger partial charge is 0.496 e. The number of methoxy groups -OCH3 is 1. The van der Waals surface area contributed by atoms with Crippen LogP contribution in [0.5, 0.6) is 5.75 Å². The Hall–Kier alpha value is -2.52. The van der Waals surface area contributed by atoms with Crippen molar-refractivity contribution in [1.29, 1.82) is 0 Å². The van der Waals surface area contributed by atoms with Crippen molar-refractivity contribution in [3.63, 3.8) is 0 Å². The monoisotopic (exact) mass is 474 g/mol. The number of carbonyl (C=O) groups excluding carboxylic acids is 2. The Bertz CT molecular complexity index is 1030. The molecule has 7 nitrogen and oxygen atoms in total. The van der Waals surface area contributed by atoms with Gasteiger partial charge in [-0.1, -0.05) is 36.0 Å².